The van der Waals surface area contributed by atoms with E-state index in [0.29, 0.717) is 17.1 Å². The molecule has 2 saturated carbocycles. The molecule has 3 nitrogen and oxygen atoms in total. The first-order valence-corrected chi connectivity index (χ1v) is 24.8. The predicted octanol–water partition coefficient (Wildman–Crippen LogP) is 12.1. The zero-order valence-corrected chi connectivity index (χ0v) is 34.7. The average molecular weight is 675 g/mol. The molecule has 4 atom stereocenters. The van der Waals surface area contributed by atoms with Crippen molar-refractivity contribution in [3.05, 3.63) is 47.1 Å². The summed E-state index contributed by atoms with van der Waals surface area (Å²) < 4.78 is 14.8. The molecule has 0 aromatic heterocycles. The Morgan fingerprint density at radius 2 is 1.60 bits per heavy atom. The molecule has 0 radical (unpaired) electrons. The molecule has 3 aliphatic carbocycles. The molecule has 258 valence electrons. The Morgan fingerprint density at radius 1 is 1.00 bits per heavy atom. The van der Waals surface area contributed by atoms with Gasteiger partial charge in [-0.2, -0.15) is 0 Å². The van der Waals surface area contributed by atoms with Gasteiger partial charge in [-0.05, 0) is 104 Å². The van der Waals surface area contributed by atoms with Gasteiger partial charge in [-0.15, -0.1) is 11.8 Å². The van der Waals surface area contributed by atoms with E-state index in [2.05, 4.69) is 114 Å². The van der Waals surface area contributed by atoms with Crippen LogP contribution in [0.2, 0.25) is 36.3 Å². The second-order valence-corrected chi connectivity index (χ2v) is 28.6. The zero-order valence-electron chi connectivity index (χ0n) is 31.8. The molecular weight excluding hydrogens is 605 g/mol. The van der Waals surface area contributed by atoms with Crippen LogP contribution in [0.1, 0.15) is 127 Å². The number of hydrogen-bond donors (Lipinski definition) is 1. The summed E-state index contributed by atoms with van der Waals surface area (Å²) in [4.78, 5) is -0.481. The Bertz CT molecular complexity index is 1160. The summed E-state index contributed by atoms with van der Waals surface area (Å²) >= 11 is 1.85. The van der Waals surface area contributed by atoms with E-state index < -0.39 is 27.2 Å². The van der Waals surface area contributed by atoms with Gasteiger partial charge in [0.1, 0.15) is 4.93 Å². The van der Waals surface area contributed by atoms with Crippen LogP contribution in [0.3, 0.4) is 0 Å². The second-order valence-electron chi connectivity index (χ2n) is 17.8. The molecule has 3 rings (SSSR count). The molecule has 0 aliphatic heterocycles. The Morgan fingerprint density at radius 3 is 2.13 bits per heavy atom. The minimum atomic E-state index is -2.18. The number of aliphatic hydroxyl groups is 1. The molecule has 45 heavy (non-hydrogen) atoms. The van der Waals surface area contributed by atoms with E-state index in [1.807, 2.05) is 11.8 Å². The van der Waals surface area contributed by atoms with Gasteiger partial charge in [0.2, 0.25) is 0 Å². The maximum absolute atomic E-state index is 11.5. The summed E-state index contributed by atoms with van der Waals surface area (Å²) in [7, 11) is -4.28. The maximum Gasteiger partial charge on any atom is 0.193 e. The van der Waals surface area contributed by atoms with E-state index in [4.69, 9.17) is 15.4 Å². The lowest BCUT2D eigenvalue weighted by Crippen LogP contribution is -2.54. The van der Waals surface area contributed by atoms with Gasteiger partial charge in [-0.3, -0.25) is 0 Å². The number of thioether (sulfide) groups is 1. The first kappa shape index (κ1) is 39.1. The van der Waals surface area contributed by atoms with Gasteiger partial charge in [-0.25, -0.2) is 0 Å². The van der Waals surface area contributed by atoms with Crippen LogP contribution in [0, 0.1) is 11.3 Å². The Labute approximate surface area is 285 Å². The fourth-order valence-electron chi connectivity index (χ4n) is 7.12. The molecule has 0 saturated heterocycles. The highest BCUT2D eigenvalue weighted by Crippen LogP contribution is 2.56. The first-order valence-electron chi connectivity index (χ1n) is 18.0. The summed E-state index contributed by atoms with van der Waals surface area (Å²) in [5.74, 6) is 1.27. The Kier molecular flexibility index (Phi) is 12.0. The summed E-state index contributed by atoms with van der Waals surface area (Å²) in [6, 6.07) is 0. The molecule has 0 heterocycles. The van der Waals surface area contributed by atoms with Crippen LogP contribution in [0.25, 0.3) is 0 Å². The fraction of sp³-hybridized carbons (Fsp3) is 0.795. The van der Waals surface area contributed by atoms with Gasteiger partial charge in [0.25, 0.3) is 0 Å². The smallest absolute Gasteiger partial charge is 0.193 e. The third kappa shape index (κ3) is 8.44. The minimum Gasteiger partial charge on any atom is -0.410 e. The van der Waals surface area contributed by atoms with E-state index in [1.165, 1.54) is 31.3 Å². The van der Waals surface area contributed by atoms with Gasteiger partial charge in [-0.1, -0.05) is 105 Å². The van der Waals surface area contributed by atoms with Crippen LogP contribution < -0.4 is 0 Å². The van der Waals surface area contributed by atoms with Crippen LogP contribution in [-0.2, 0) is 8.85 Å². The number of hydrogen-bond acceptors (Lipinski definition) is 4. The van der Waals surface area contributed by atoms with Crippen LogP contribution in [0.5, 0.6) is 0 Å². The summed E-state index contributed by atoms with van der Waals surface area (Å²) in [6.07, 6.45) is 16.5. The SMILES string of the molecule is C=C1C(=CC=C2CCC[C@]3(C)C(CC)=CC[C@H]23)C[C@](O[Si](C)(C)C(C)(C)C)(SCC(O)(CC)CC)C[C@@H]1O[Si](C)(C)C(C)(C)C. The van der Waals surface area contributed by atoms with Gasteiger partial charge in [0.05, 0.1) is 11.7 Å². The molecule has 0 spiro atoms. The van der Waals surface area contributed by atoms with Crippen molar-refractivity contribution in [1.29, 1.82) is 0 Å². The standard InChI is InChI=1S/C39H70O3SSi2/c1-16-32-23-24-33-30(20-19-25-37(32,33)11)21-22-31-26-39(42-45(14,15)36(8,9)10,43-28-38(40,17-2)18-3)27-34(29(31)4)41-44(12,13)35(5,6)7/h21-23,33-34,40H,4,16-20,24-28H2,1-3,5-15H3/t33-,34+,37-,39+/m1/s1. The largest absolute Gasteiger partial charge is 0.410 e. The van der Waals surface area contributed by atoms with E-state index in [-0.39, 0.29) is 16.2 Å². The Hall–Kier alpha value is -0.376. The summed E-state index contributed by atoms with van der Waals surface area (Å²) in [5.41, 5.74) is 5.27. The maximum atomic E-state index is 11.5. The van der Waals surface area contributed by atoms with Crippen molar-refractivity contribution in [3.63, 3.8) is 0 Å². The summed E-state index contributed by atoms with van der Waals surface area (Å²) in [5, 5.41) is 11.7. The fourth-order valence-corrected chi connectivity index (χ4v) is 12.1. The van der Waals surface area contributed by atoms with Crippen molar-refractivity contribution in [1.82, 2.24) is 0 Å². The second kappa shape index (κ2) is 13.9. The molecule has 6 heteroatoms. The van der Waals surface area contributed by atoms with Crippen molar-refractivity contribution < 1.29 is 14.0 Å². The van der Waals surface area contributed by atoms with Crippen molar-refractivity contribution in [3.8, 4) is 0 Å². The molecular formula is C39H70O3SSi2. The highest BCUT2D eigenvalue weighted by Gasteiger charge is 2.52. The lowest BCUT2D eigenvalue weighted by Gasteiger charge is -2.51. The van der Waals surface area contributed by atoms with Crippen LogP contribution in [-0.4, -0.2) is 44.1 Å². The molecule has 1 N–H and O–H groups in total. The van der Waals surface area contributed by atoms with Crippen LogP contribution in [0.4, 0.5) is 0 Å². The number of rotatable bonds is 11. The van der Waals surface area contributed by atoms with Gasteiger partial charge in [0, 0.05) is 18.6 Å². The lowest BCUT2D eigenvalue weighted by atomic mass is 9.64. The quantitative estimate of drug-likeness (QED) is 0.134. The van der Waals surface area contributed by atoms with E-state index >= 15 is 0 Å². The van der Waals surface area contributed by atoms with Crippen molar-refractivity contribution >= 4 is 28.4 Å². The monoisotopic (exact) mass is 674 g/mol. The summed E-state index contributed by atoms with van der Waals surface area (Å²) in [6.45, 7) is 37.2. The topological polar surface area (TPSA) is 38.7 Å². The lowest BCUT2D eigenvalue weighted by molar-refractivity contribution is 0.0503. The molecule has 0 amide bonds. The van der Waals surface area contributed by atoms with Crippen molar-refractivity contribution in [2.45, 2.75) is 180 Å². The van der Waals surface area contributed by atoms with Crippen molar-refractivity contribution in [2.24, 2.45) is 11.3 Å². The number of allylic oxidation sites excluding steroid dienone is 5. The molecule has 3 aliphatic rings. The van der Waals surface area contributed by atoms with E-state index in [9.17, 15) is 5.11 Å². The van der Waals surface area contributed by atoms with Crippen LogP contribution in [0.15, 0.2) is 47.1 Å². The minimum absolute atomic E-state index is 0.0709. The molecule has 0 unspecified atom stereocenters. The highest BCUT2D eigenvalue weighted by atomic mass is 32.2. The normalized spacial score (nSPS) is 30.6. The molecule has 0 aromatic carbocycles. The van der Waals surface area contributed by atoms with E-state index in [0.717, 1.165) is 37.7 Å². The van der Waals surface area contributed by atoms with Crippen LogP contribution >= 0.6 is 11.8 Å². The van der Waals surface area contributed by atoms with Gasteiger partial charge < -0.3 is 14.0 Å². The molecule has 2 fully saturated rings. The van der Waals surface area contributed by atoms with Crippen molar-refractivity contribution in [2.75, 3.05) is 5.75 Å². The Balaban J connectivity index is 2.13. The molecule has 0 aromatic rings. The van der Waals surface area contributed by atoms with E-state index in [1.54, 1.807) is 11.1 Å². The molecule has 0 bridgehead atoms. The zero-order chi connectivity index (χ0) is 34.3. The first-order chi connectivity index (χ1) is 20.5. The number of fused-ring (bicyclic) bond motifs is 1. The van der Waals surface area contributed by atoms with Gasteiger partial charge in [0.15, 0.2) is 16.6 Å². The predicted molar refractivity (Wildman–Crippen MR) is 204 cm³/mol. The third-order valence-corrected chi connectivity index (χ3v) is 23.5. The highest BCUT2D eigenvalue weighted by molar-refractivity contribution is 8.00. The average Bonchev–Trinajstić information content (AvgIpc) is 3.27. The third-order valence-electron chi connectivity index (χ3n) is 12.8. The van der Waals surface area contributed by atoms with Gasteiger partial charge >= 0.3 is 0 Å².